The molecule has 0 radical (unpaired) electrons. The van der Waals surface area contributed by atoms with Gasteiger partial charge in [0.15, 0.2) is 0 Å². The van der Waals surface area contributed by atoms with Gasteiger partial charge in [-0.15, -0.1) is 0 Å². The third kappa shape index (κ3) is 5.81. The summed E-state index contributed by atoms with van der Waals surface area (Å²) >= 11 is 9.11. The number of nitrogens with zero attached hydrogens (tertiary/aromatic N) is 1. The quantitative estimate of drug-likeness (QED) is 0.696. The molecule has 2 aromatic carbocycles. The van der Waals surface area contributed by atoms with E-state index in [1.54, 1.807) is 12.1 Å². The van der Waals surface area contributed by atoms with Gasteiger partial charge in [-0.25, -0.2) is 12.7 Å². The van der Waals surface area contributed by atoms with Crippen LogP contribution >= 0.6 is 27.5 Å². The molecule has 1 amide bonds. The van der Waals surface area contributed by atoms with Gasteiger partial charge in [0.2, 0.25) is 15.9 Å². The third-order valence-corrected chi connectivity index (χ3v) is 6.18. The Labute approximate surface area is 161 Å². The van der Waals surface area contributed by atoms with E-state index in [1.807, 2.05) is 12.1 Å². The zero-order valence-corrected chi connectivity index (χ0v) is 16.7. The molecule has 0 bridgehead atoms. The number of hydrogen-bond donors (Lipinski definition) is 1. The minimum atomic E-state index is -3.58. The molecular weight excluding hydrogens is 428 g/mol. The number of carbonyl (C=O) groups excluding carboxylic acids is 1. The van der Waals surface area contributed by atoms with Crippen molar-refractivity contribution in [2.75, 3.05) is 18.9 Å². The van der Waals surface area contributed by atoms with Crippen molar-refractivity contribution in [1.29, 1.82) is 0 Å². The fourth-order valence-corrected chi connectivity index (χ4v) is 3.73. The van der Waals surface area contributed by atoms with Crippen molar-refractivity contribution in [2.45, 2.75) is 17.7 Å². The lowest BCUT2D eigenvalue weighted by Crippen LogP contribution is -2.28. The summed E-state index contributed by atoms with van der Waals surface area (Å²) in [7, 11) is -2.08. The van der Waals surface area contributed by atoms with E-state index in [0.29, 0.717) is 17.1 Å². The van der Waals surface area contributed by atoms with Crippen molar-refractivity contribution in [3.63, 3.8) is 0 Å². The molecule has 0 saturated carbocycles. The molecule has 0 heterocycles. The number of anilines is 1. The van der Waals surface area contributed by atoms with Gasteiger partial charge < -0.3 is 5.32 Å². The SMILES string of the molecule is CN(CCCC(=O)Nc1ccc(Br)cc1)S(=O)(=O)c1ccc(Cl)cc1. The van der Waals surface area contributed by atoms with E-state index in [9.17, 15) is 13.2 Å². The van der Waals surface area contributed by atoms with Gasteiger partial charge in [0, 0.05) is 35.2 Å². The molecule has 0 aliphatic rings. The normalized spacial score (nSPS) is 11.5. The van der Waals surface area contributed by atoms with Crippen molar-refractivity contribution >= 4 is 49.1 Å². The zero-order chi connectivity index (χ0) is 18.4. The predicted octanol–water partition coefficient (Wildman–Crippen LogP) is 4.14. The van der Waals surface area contributed by atoms with E-state index in [1.165, 1.54) is 35.6 Å². The Balaban J connectivity index is 1.84. The van der Waals surface area contributed by atoms with Gasteiger partial charge in [-0.3, -0.25) is 4.79 Å². The van der Waals surface area contributed by atoms with Gasteiger partial charge in [0.05, 0.1) is 4.90 Å². The van der Waals surface area contributed by atoms with Gasteiger partial charge in [-0.05, 0) is 55.0 Å². The first-order chi connectivity index (χ1) is 11.8. The molecule has 0 aliphatic heterocycles. The van der Waals surface area contributed by atoms with Gasteiger partial charge in [-0.2, -0.15) is 0 Å². The first-order valence-electron chi connectivity index (χ1n) is 7.56. The van der Waals surface area contributed by atoms with Crippen LogP contribution in [0.5, 0.6) is 0 Å². The zero-order valence-electron chi connectivity index (χ0n) is 13.6. The maximum absolute atomic E-state index is 12.4. The van der Waals surface area contributed by atoms with Crippen molar-refractivity contribution < 1.29 is 13.2 Å². The minimum Gasteiger partial charge on any atom is -0.326 e. The van der Waals surface area contributed by atoms with Crippen molar-refractivity contribution in [3.05, 3.63) is 58.0 Å². The van der Waals surface area contributed by atoms with Crippen LogP contribution in [0.15, 0.2) is 57.9 Å². The highest BCUT2D eigenvalue weighted by molar-refractivity contribution is 9.10. The summed E-state index contributed by atoms with van der Waals surface area (Å²) in [6.07, 6.45) is 0.655. The van der Waals surface area contributed by atoms with Crippen LogP contribution in [0.3, 0.4) is 0 Å². The lowest BCUT2D eigenvalue weighted by molar-refractivity contribution is -0.116. The fourth-order valence-electron chi connectivity index (χ4n) is 2.13. The molecule has 0 unspecified atom stereocenters. The molecule has 0 saturated heterocycles. The van der Waals surface area contributed by atoms with E-state index in [0.717, 1.165) is 4.47 Å². The second kappa shape index (κ2) is 8.80. The largest absolute Gasteiger partial charge is 0.326 e. The Bertz CT molecular complexity index is 824. The summed E-state index contributed by atoms with van der Waals surface area (Å²) in [6, 6.07) is 13.3. The van der Waals surface area contributed by atoms with Crippen molar-refractivity contribution in [2.24, 2.45) is 0 Å². The lowest BCUT2D eigenvalue weighted by Gasteiger charge is -2.17. The molecule has 0 aliphatic carbocycles. The number of rotatable bonds is 7. The second-order valence-corrected chi connectivity index (χ2v) is 8.84. The maximum atomic E-state index is 12.4. The predicted molar refractivity (Wildman–Crippen MR) is 103 cm³/mol. The summed E-state index contributed by atoms with van der Waals surface area (Å²) in [5.41, 5.74) is 0.704. The highest BCUT2D eigenvalue weighted by atomic mass is 79.9. The average molecular weight is 446 g/mol. The van der Waals surface area contributed by atoms with Crippen LogP contribution in [-0.2, 0) is 14.8 Å². The van der Waals surface area contributed by atoms with Gasteiger partial charge >= 0.3 is 0 Å². The Morgan fingerprint density at radius 3 is 2.32 bits per heavy atom. The molecular formula is C17H18BrClN2O3S. The van der Waals surface area contributed by atoms with E-state index < -0.39 is 10.0 Å². The molecule has 134 valence electrons. The first-order valence-corrected chi connectivity index (χ1v) is 10.2. The molecule has 0 fully saturated rings. The van der Waals surface area contributed by atoms with E-state index in [4.69, 9.17) is 11.6 Å². The molecule has 0 atom stereocenters. The second-order valence-electron chi connectivity index (χ2n) is 5.44. The summed E-state index contributed by atoms with van der Waals surface area (Å²) < 4.78 is 27.0. The lowest BCUT2D eigenvalue weighted by atomic mass is 10.2. The molecule has 0 spiro atoms. The van der Waals surface area contributed by atoms with Crippen LogP contribution in [0.25, 0.3) is 0 Å². The Hall–Kier alpha value is -1.41. The maximum Gasteiger partial charge on any atom is 0.242 e. The van der Waals surface area contributed by atoms with E-state index in [-0.39, 0.29) is 23.8 Å². The molecule has 0 aromatic heterocycles. The van der Waals surface area contributed by atoms with Crippen LogP contribution in [0.2, 0.25) is 5.02 Å². The number of nitrogens with one attached hydrogen (secondary N) is 1. The summed E-state index contributed by atoms with van der Waals surface area (Å²) in [5, 5.41) is 3.26. The number of sulfonamides is 1. The smallest absolute Gasteiger partial charge is 0.242 e. The van der Waals surface area contributed by atoms with Crippen LogP contribution in [-0.4, -0.2) is 32.2 Å². The monoisotopic (exact) mass is 444 g/mol. The molecule has 25 heavy (non-hydrogen) atoms. The molecule has 8 heteroatoms. The third-order valence-electron chi connectivity index (χ3n) is 3.53. The fraction of sp³-hybridized carbons (Fsp3) is 0.235. The summed E-state index contributed by atoms with van der Waals surface area (Å²) in [5.74, 6) is -0.153. The van der Waals surface area contributed by atoms with Crippen molar-refractivity contribution in [1.82, 2.24) is 4.31 Å². The Morgan fingerprint density at radius 1 is 1.12 bits per heavy atom. The van der Waals surface area contributed by atoms with Gasteiger partial charge in [0.1, 0.15) is 0 Å². The van der Waals surface area contributed by atoms with Crippen LogP contribution < -0.4 is 5.32 Å². The van der Waals surface area contributed by atoms with Crippen LogP contribution in [0, 0.1) is 0 Å². The van der Waals surface area contributed by atoms with E-state index >= 15 is 0 Å². The highest BCUT2D eigenvalue weighted by Crippen LogP contribution is 2.18. The number of carbonyl (C=O) groups is 1. The van der Waals surface area contributed by atoms with Gasteiger partial charge in [0.25, 0.3) is 0 Å². The van der Waals surface area contributed by atoms with Gasteiger partial charge in [-0.1, -0.05) is 27.5 Å². The van der Waals surface area contributed by atoms with E-state index in [2.05, 4.69) is 21.2 Å². The molecule has 2 aromatic rings. The first kappa shape index (κ1) is 19.9. The Morgan fingerprint density at radius 2 is 1.72 bits per heavy atom. The van der Waals surface area contributed by atoms with Crippen LogP contribution in [0.4, 0.5) is 5.69 Å². The average Bonchev–Trinajstić information content (AvgIpc) is 2.57. The summed E-state index contributed by atoms with van der Waals surface area (Å²) in [4.78, 5) is 12.1. The molecule has 1 N–H and O–H groups in total. The summed E-state index contributed by atoms with van der Waals surface area (Å²) in [6.45, 7) is 0.249. The molecule has 2 rings (SSSR count). The number of halogens is 2. The molecule has 5 nitrogen and oxygen atoms in total. The van der Waals surface area contributed by atoms with Crippen LogP contribution in [0.1, 0.15) is 12.8 Å². The Kier molecular flexibility index (Phi) is 7.01. The van der Waals surface area contributed by atoms with Crippen molar-refractivity contribution in [3.8, 4) is 0 Å². The number of amides is 1. The minimum absolute atomic E-state index is 0.153. The standard InChI is InChI=1S/C17H18BrClN2O3S/c1-21(25(23,24)16-10-6-14(19)7-11-16)12-2-3-17(22)20-15-8-4-13(18)5-9-15/h4-11H,2-3,12H2,1H3,(H,20,22). The number of benzene rings is 2. The number of hydrogen-bond acceptors (Lipinski definition) is 3. The highest BCUT2D eigenvalue weighted by Gasteiger charge is 2.20. The topological polar surface area (TPSA) is 66.5 Å².